The lowest BCUT2D eigenvalue weighted by Gasteiger charge is -2.35. The number of carbonyl (C=O) groups excluding carboxylic acids is 1. The predicted octanol–water partition coefficient (Wildman–Crippen LogP) is 4.58. The minimum absolute atomic E-state index is 0.159. The maximum Gasteiger partial charge on any atom is 0.245 e. The van der Waals surface area contributed by atoms with Gasteiger partial charge >= 0.3 is 0 Å². The van der Waals surface area contributed by atoms with Gasteiger partial charge in [0.05, 0.1) is 18.6 Å². The summed E-state index contributed by atoms with van der Waals surface area (Å²) in [6.07, 6.45) is 8.15. The van der Waals surface area contributed by atoms with Crippen LogP contribution >= 0.6 is 0 Å². The molecule has 2 heterocycles. The lowest BCUT2D eigenvalue weighted by Crippen LogP contribution is -2.48. The van der Waals surface area contributed by atoms with Crippen LogP contribution in [0.1, 0.15) is 51.6 Å². The van der Waals surface area contributed by atoms with Crippen LogP contribution in [0.5, 0.6) is 0 Å². The topological polar surface area (TPSA) is 75.5 Å². The number of hydrogen-bond donors (Lipinski definition) is 0. The summed E-state index contributed by atoms with van der Waals surface area (Å²) >= 11 is 0. The smallest absolute Gasteiger partial charge is 0.245 e. The van der Waals surface area contributed by atoms with E-state index in [1.807, 2.05) is 42.1 Å². The van der Waals surface area contributed by atoms with E-state index in [2.05, 4.69) is 18.8 Å². The Hall–Kier alpha value is -2.71. The quantitative estimate of drug-likeness (QED) is 0.435. The van der Waals surface area contributed by atoms with E-state index in [0.29, 0.717) is 18.6 Å². The summed E-state index contributed by atoms with van der Waals surface area (Å²) in [6, 6.07) is 12.7. The van der Waals surface area contributed by atoms with Crippen molar-refractivity contribution in [1.29, 1.82) is 0 Å². The summed E-state index contributed by atoms with van der Waals surface area (Å²) in [5, 5.41) is 0.772. The number of aryl methyl sites for hydroxylation is 1. The van der Waals surface area contributed by atoms with E-state index in [1.54, 1.807) is 29.3 Å². The maximum atomic E-state index is 14.1. The molecule has 1 aliphatic carbocycles. The minimum atomic E-state index is -3.94. The average Bonchev–Trinajstić information content (AvgIpc) is 3.25. The zero-order chi connectivity index (χ0) is 25.0. The standard InChI is InChI=1S/C27H36N4O3S/c1-21(2)18-30(19-24-14-9-17-29(24)3)26(32)20-31(23-12-5-4-6-13-23)35(33,34)25-15-7-10-22-11-8-16-28-27(22)25/h7-11,14-17,21,23H,4-6,12-13,18-20H2,1-3H3. The van der Waals surface area contributed by atoms with Crippen LogP contribution in [-0.4, -0.2) is 52.2 Å². The van der Waals surface area contributed by atoms with Gasteiger partial charge in [-0.3, -0.25) is 9.78 Å². The SMILES string of the molecule is CC(C)CN(Cc1cccn1C)C(=O)CN(C1CCCCC1)S(=O)(=O)c1cccc2cccnc12. The van der Waals surface area contributed by atoms with E-state index < -0.39 is 10.0 Å². The Morgan fingerprint density at radius 3 is 2.51 bits per heavy atom. The van der Waals surface area contributed by atoms with Gasteiger partial charge in [0, 0.05) is 43.1 Å². The predicted molar refractivity (Wildman–Crippen MR) is 138 cm³/mol. The van der Waals surface area contributed by atoms with Crippen LogP contribution in [0.25, 0.3) is 10.9 Å². The van der Waals surface area contributed by atoms with Crippen molar-refractivity contribution in [1.82, 2.24) is 18.8 Å². The van der Waals surface area contributed by atoms with E-state index in [9.17, 15) is 13.2 Å². The van der Waals surface area contributed by atoms with Crippen molar-refractivity contribution < 1.29 is 13.2 Å². The first-order chi connectivity index (χ1) is 16.8. The molecule has 8 heteroatoms. The van der Waals surface area contributed by atoms with Crippen LogP contribution < -0.4 is 0 Å². The number of carbonyl (C=O) groups is 1. The molecule has 0 unspecified atom stereocenters. The normalized spacial score (nSPS) is 15.2. The average molecular weight is 497 g/mol. The molecule has 0 N–H and O–H groups in total. The molecule has 4 rings (SSSR count). The molecular formula is C27H36N4O3S. The molecule has 1 saturated carbocycles. The number of pyridine rings is 1. The highest BCUT2D eigenvalue weighted by Gasteiger charge is 2.36. The van der Waals surface area contributed by atoms with Crippen molar-refractivity contribution in [3.8, 4) is 0 Å². The van der Waals surface area contributed by atoms with Gasteiger partial charge in [0.1, 0.15) is 4.90 Å². The molecule has 35 heavy (non-hydrogen) atoms. The number of amides is 1. The molecule has 7 nitrogen and oxygen atoms in total. The summed E-state index contributed by atoms with van der Waals surface area (Å²) in [7, 11) is -1.98. The van der Waals surface area contributed by atoms with Crippen LogP contribution in [0.2, 0.25) is 0 Å². The van der Waals surface area contributed by atoms with Gasteiger partial charge in [-0.05, 0) is 43.0 Å². The highest BCUT2D eigenvalue weighted by Crippen LogP contribution is 2.30. The van der Waals surface area contributed by atoms with Crippen LogP contribution in [0, 0.1) is 5.92 Å². The van der Waals surface area contributed by atoms with Crippen molar-refractivity contribution in [2.75, 3.05) is 13.1 Å². The van der Waals surface area contributed by atoms with Gasteiger partial charge in [-0.2, -0.15) is 4.31 Å². The number of hydrogen-bond acceptors (Lipinski definition) is 4. The molecule has 1 aliphatic rings. The van der Waals surface area contributed by atoms with Crippen LogP contribution in [0.15, 0.2) is 59.8 Å². The Kier molecular flexibility index (Phi) is 7.91. The Bertz CT molecular complexity index is 1260. The largest absolute Gasteiger partial charge is 0.353 e. The van der Waals surface area contributed by atoms with Crippen molar-refractivity contribution in [2.45, 2.75) is 63.4 Å². The molecular weight excluding hydrogens is 460 g/mol. The van der Waals surface area contributed by atoms with E-state index in [4.69, 9.17) is 0 Å². The van der Waals surface area contributed by atoms with Gasteiger partial charge in [0.15, 0.2) is 0 Å². The van der Waals surface area contributed by atoms with Gasteiger partial charge in [-0.1, -0.05) is 51.3 Å². The molecule has 2 aromatic heterocycles. The van der Waals surface area contributed by atoms with Gasteiger partial charge in [0.2, 0.25) is 15.9 Å². The van der Waals surface area contributed by atoms with Gasteiger partial charge in [0.25, 0.3) is 0 Å². The first-order valence-corrected chi connectivity index (χ1v) is 13.9. The third-order valence-corrected chi connectivity index (χ3v) is 8.73. The third kappa shape index (κ3) is 5.76. The number of rotatable bonds is 9. The van der Waals surface area contributed by atoms with E-state index in [0.717, 1.165) is 43.2 Å². The van der Waals surface area contributed by atoms with Crippen LogP contribution in [-0.2, 0) is 28.4 Å². The van der Waals surface area contributed by atoms with E-state index >= 15 is 0 Å². The Balaban J connectivity index is 1.69. The Morgan fingerprint density at radius 2 is 1.83 bits per heavy atom. The molecule has 0 aliphatic heterocycles. The van der Waals surface area contributed by atoms with E-state index in [1.165, 1.54) is 4.31 Å². The van der Waals surface area contributed by atoms with Crippen molar-refractivity contribution in [3.05, 3.63) is 60.6 Å². The lowest BCUT2D eigenvalue weighted by molar-refractivity contribution is -0.133. The zero-order valence-corrected chi connectivity index (χ0v) is 21.7. The molecule has 0 radical (unpaired) electrons. The summed E-state index contributed by atoms with van der Waals surface area (Å²) < 4.78 is 31.7. The fraction of sp³-hybridized carbons (Fsp3) is 0.481. The molecule has 0 saturated heterocycles. The van der Waals surface area contributed by atoms with Gasteiger partial charge in [-0.25, -0.2) is 8.42 Å². The fourth-order valence-corrected chi connectivity index (χ4v) is 6.78. The highest BCUT2D eigenvalue weighted by molar-refractivity contribution is 7.89. The first-order valence-electron chi connectivity index (χ1n) is 12.5. The lowest BCUT2D eigenvalue weighted by atomic mass is 9.95. The number of para-hydroxylation sites is 1. The molecule has 3 aromatic rings. The summed E-state index contributed by atoms with van der Waals surface area (Å²) in [6.45, 7) is 5.01. The molecule has 1 aromatic carbocycles. The minimum Gasteiger partial charge on any atom is -0.353 e. The molecule has 0 spiro atoms. The number of benzene rings is 1. The second-order valence-corrected chi connectivity index (χ2v) is 11.8. The molecule has 188 valence electrons. The molecule has 1 fully saturated rings. The number of sulfonamides is 1. The second kappa shape index (κ2) is 10.9. The summed E-state index contributed by atoms with van der Waals surface area (Å²) in [5.74, 6) is 0.100. The fourth-order valence-electron chi connectivity index (χ4n) is 4.97. The Labute approximate surface area is 208 Å². The maximum absolute atomic E-state index is 14.1. The van der Waals surface area contributed by atoms with Gasteiger partial charge < -0.3 is 9.47 Å². The number of nitrogens with zero attached hydrogens (tertiary/aromatic N) is 4. The number of fused-ring (bicyclic) bond motifs is 1. The van der Waals surface area contributed by atoms with Gasteiger partial charge in [-0.15, -0.1) is 0 Å². The first kappa shape index (κ1) is 25.4. The van der Waals surface area contributed by atoms with Crippen molar-refractivity contribution >= 4 is 26.8 Å². The van der Waals surface area contributed by atoms with E-state index in [-0.39, 0.29) is 29.3 Å². The van der Waals surface area contributed by atoms with Crippen LogP contribution in [0.3, 0.4) is 0 Å². The third-order valence-electron chi connectivity index (χ3n) is 6.80. The summed E-state index contributed by atoms with van der Waals surface area (Å²) in [4.78, 5) is 20.1. The highest BCUT2D eigenvalue weighted by atomic mass is 32.2. The Morgan fingerprint density at radius 1 is 1.09 bits per heavy atom. The van der Waals surface area contributed by atoms with Crippen molar-refractivity contribution in [3.63, 3.8) is 0 Å². The second-order valence-electron chi connectivity index (χ2n) is 9.95. The molecule has 1 amide bonds. The zero-order valence-electron chi connectivity index (χ0n) is 20.9. The molecule has 0 bridgehead atoms. The monoisotopic (exact) mass is 496 g/mol. The van der Waals surface area contributed by atoms with Crippen molar-refractivity contribution in [2.24, 2.45) is 13.0 Å². The number of aromatic nitrogens is 2. The molecule has 0 atom stereocenters. The van der Waals surface area contributed by atoms with Crippen LogP contribution in [0.4, 0.5) is 0 Å². The summed E-state index contributed by atoms with van der Waals surface area (Å²) in [5.41, 5.74) is 1.47.